The van der Waals surface area contributed by atoms with Gasteiger partial charge in [-0.1, -0.05) is 0 Å². The summed E-state index contributed by atoms with van der Waals surface area (Å²) in [7, 11) is 0. The van der Waals surface area contributed by atoms with Crippen LogP contribution in [0.25, 0.3) is 0 Å². The number of hydrogen-bond acceptors (Lipinski definition) is 7. The molecule has 0 aliphatic carbocycles. The van der Waals surface area contributed by atoms with Gasteiger partial charge in [0.05, 0.1) is 29.1 Å². The van der Waals surface area contributed by atoms with E-state index in [2.05, 4.69) is 0 Å². The van der Waals surface area contributed by atoms with Gasteiger partial charge >= 0.3 is 0 Å². The highest BCUT2D eigenvalue weighted by Crippen LogP contribution is 2.35. The summed E-state index contributed by atoms with van der Waals surface area (Å²) in [4.78, 5) is 22.7. The molecule has 2 fully saturated rings. The van der Waals surface area contributed by atoms with Gasteiger partial charge in [-0.3, -0.25) is 20.2 Å². The molecule has 0 radical (unpaired) electrons. The molecule has 0 amide bonds. The van der Waals surface area contributed by atoms with Crippen LogP contribution in [0.15, 0.2) is 18.2 Å². The van der Waals surface area contributed by atoms with Gasteiger partial charge in [0.2, 0.25) is 0 Å². The molecule has 9 heteroatoms. The van der Waals surface area contributed by atoms with Gasteiger partial charge in [-0.05, 0) is 18.9 Å². The minimum atomic E-state index is -0.627. The molecule has 2 aliphatic rings. The molecule has 0 aromatic heterocycles. The predicted molar refractivity (Wildman–Crippen MR) is 80.4 cm³/mol. The fourth-order valence-corrected chi connectivity index (χ4v) is 3.10. The number of anilines is 1. The lowest BCUT2D eigenvalue weighted by Crippen LogP contribution is -2.38. The van der Waals surface area contributed by atoms with Crippen molar-refractivity contribution in [3.8, 4) is 0 Å². The number of nitro benzene ring substituents is 2. The minimum Gasteiger partial charge on any atom is -0.366 e. The predicted octanol–water partition coefficient (Wildman–Crippen LogP) is 2.09. The molecule has 23 heavy (non-hydrogen) atoms. The summed E-state index contributed by atoms with van der Waals surface area (Å²) in [5, 5.41) is 22.0. The van der Waals surface area contributed by atoms with Crippen molar-refractivity contribution in [1.29, 1.82) is 0 Å². The zero-order valence-electron chi connectivity index (χ0n) is 12.4. The van der Waals surface area contributed by atoms with Crippen LogP contribution in [0.3, 0.4) is 0 Å². The van der Waals surface area contributed by atoms with Gasteiger partial charge in [-0.2, -0.15) is 0 Å². The van der Waals surface area contributed by atoms with Gasteiger partial charge < -0.3 is 14.4 Å². The van der Waals surface area contributed by atoms with Gasteiger partial charge in [0.1, 0.15) is 5.69 Å². The molecule has 0 spiro atoms. The maximum absolute atomic E-state index is 11.2. The van der Waals surface area contributed by atoms with Crippen molar-refractivity contribution >= 4 is 17.1 Å². The SMILES string of the molecule is O=[N+]([O-])c1ccc(N2CCC(C3OCCO3)CC2)c([N+](=O)[O-])c1. The van der Waals surface area contributed by atoms with E-state index in [0.29, 0.717) is 32.0 Å². The summed E-state index contributed by atoms with van der Waals surface area (Å²) in [6.07, 6.45) is 1.43. The van der Waals surface area contributed by atoms with Crippen LogP contribution in [0.5, 0.6) is 0 Å². The minimum absolute atomic E-state index is 0.177. The van der Waals surface area contributed by atoms with Gasteiger partial charge in [0, 0.05) is 25.1 Å². The molecule has 0 atom stereocenters. The van der Waals surface area contributed by atoms with Crippen molar-refractivity contribution in [2.45, 2.75) is 19.1 Å². The molecule has 3 rings (SSSR count). The molecule has 1 aromatic carbocycles. The number of benzene rings is 1. The van der Waals surface area contributed by atoms with Gasteiger partial charge in [-0.25, -0.2) is 0 Å². The molecule has 1 aromatic rings. The Morgan fingerprint density at radius 2 is 1.70 bits per heavy atom. The maximum Gasteiger partial charge on any atom is 0.299 e. The topological polar surface area (TPSA) is 108 Å². The quantitative estimate of drug-likeness (QED) is 0.616. The molecule has 0 saturated carbocycles. The summed E-state index contributed by atoms with van der Waals surface area (Å²) < 4.78 is 11.0. The normalized spacial score (nSPS) is 19.9. The van der Waals surface area contributed by atoms with Crippen LogP contribution in [-0.2, 0) is 9.47 Å². The molecular formula is C14H17N3O6. The number of ether oxygens (including phenoxy) is 2. The fraction of sp³-hybridized carbons (Fsp3) is 0.571. The Morgan fingerprint density at radius 1 is 1.04 bits per heavy atom. The van der Waals surface area contributed by atoms with Gasteiger partial charge in [0.15, 0.2) is 6.29 Å². The van der Waals surface area contributed by atoms with Crippen molar-refractivity contribution in [2.75, 3.05) is 31.2 Å². The van der Waals surface area contributed by atoms with Gasteiger partial charge in [-0.15, -0.1) is 0 Å². The Morgan fingerprint density at radius 3 is 2.26 bits per heavy atom. The van der Waals surface area contributed by atoms with E-state index in [4.69, 9.17) is 9.47 Å². The highest BCUT2D eigenvalue weighted by atomic mass is 16.7. The van der Waals surface area contributed by atoms with Crippen LogP contribution >= 0.6 is 0 Å². The van der Waals surface area contributed by atoms with E-state index in [1.54, 1.807) is 0 Å². The maximum atomic E-state index is 11.2. The van der Waals surface area contributed by atoms with Gasteiger partial charge in [0.25, 0.3) is 11.4 Å². The second-order valence-corrected chi connectivity index (χ2v) is 5.62. The van der Waals surface area contributed by atoms with Crippen LogP contribution in [0.1, 0.15) is 12.8 Å². The third-order valence-corrected chi connectivity index (χ3v) is 4.28. The van der Waals surface area contributed by atoms with E-state index in [9.17, 15) is 20.2 Å². The highest BCUT2D eigenvalue weighted by Gasteiger charge is 2.32. The number of nitro groups is 2. The summed E-state index contributed by atoms with van der Waals surface area (Å²) in [5.41, 5.74) is -0.0820. The standard InChI is InChI=1S/C14H17N3O6/c18-16(19)11-1-2-12(13(9-11)17(20)21)15-5-3-10(4-6-15)14-22-7-8-23-14/h1-2,9-10,14H,3-8H2. The van der Waals surface area contributed by atoms with E-state index < -0.39 is 9.85 Å². The molecular weight excluding hydrogens is 306 g/mol. The number of nitrogens with zero attached hydrogens (tertiary/aromatic N) is 3. The first kappa shape index (κ1) is 15.6. The lowest BCUT2D eigenvalue weighted by atomic mass is 9.95. The molecule has 0 unspecified atom stereocenters. The number of rotatable bonds is 4. The van der Waals surface area contributed by atoms with Crippen LogP contribution in [0.2, 0.25) is 0 Å². The first-order valence-corrected chi connectivity index (χ1v) is 7.47. The monoisotopic (exact) mass is 323 g/mol. The fourth-order valence-electron chi connectivity index (χ4n) is 3.10. The Kier molecular flexibility index (Phi) is 4.39. The van der Waals surface area contributed by atoms with Crippen LogP contribution in [0.4, 0.5) is 17.1 Å². The number of hydrogen-bond donors (Lipinski definition) is 0. The molecule has 0 bridgehead atoms. The zero-order valence-corrected chi connectivity index (χ0v) is 12.4. The molecule has 2 saturated heterocycles. The second kappa shape index (κ2) is 6.47. The van der Waals surface area contributed by atoms with E-state index in [-0.39, 0.29) is 23.6 Å². The summed E-state index contributed by atoms with van der Waals surface area (Å²) in [6.45, 7) is 2.48. The van der Waals surface area contributed by atoms with Crippen LogP contribution in [0, 0.1) is 26.1 Å². The lowest BCUT2D eigenvalue weighted by molar-refractivity contribution is -0.393. The Bertz CT molecular complexity index is 609. The second-order valence-electron chi connectivity index (χ2n) is 5.62. The smallest absolute Gasteiger partial charge is 0.299 e. The Hall–Kier alpha value is -2.26. The highest BCUT2D eigenvalue weighted by molar-refractivity contribution is 5.67. The van der Waals surface area contributed by atoms with Crippen LogP contribution < -0.4 is 4.90 Å². The molecule has 9 nitrogen and oxygen atoms in total. The van der Waals surface area contributed by atoms with Crippen molar-refractivity contribution in [2.24, 2.45) is 5.92 Å². The lowest BCUT2D eigenvalue weighted by Gasteiger charge is -2.34. The summed E-state index contributed by atoms with van der Waals surface area (Å²) >= 11 is 0. The summed E-state index contributed by atoms with van der Waals surface area (Å²) in [5.74, 6) is 0.283. The largest absolute Gasteiger partial charge is 0.366 e. The first-order chi connectivity index (χ1) is 11.1. The van der Waals surface area contributed by atoms with Crippen LogP contribution in [-0.4, -0.2) is 42.4 Å². The van der Waals surface area contributed by atoms with Crippen molar-refractivity contribution in [3.63, 3.8) is 0 Å². The van der Waals surface area contributed by atoms with Crippen molar-refractivity contribution < 1.29 is 19.3 Å². The third-order valence-electron chi connectivity index (χ3n) is 4.28. The number of non-ortho nitro benzene ring substituents is 1. The molecule has 2 aliphatic heterocycles. The average Bonchev–Trinajstić information content (AvgIpc) is 3.09. The van der Waals surface area contributed by atoms with Crippen molar-refractivity contribution in [3.05, 3.63) is 38.4 Å². The van der Waals surface area contributed by atoms with E-state index in [1.807, 2.05) is 4.90 Å². The Labute approximate surface area is 132 Å². The molecule has 2 heterocycles. The third kappa shape index (κ3) is 3.25. The van der Waals surface area contributed by atoms with E-state index >= 15 is 0 Å². The average molecular weight is 323 g/mol. The Balaban J connectivity index is 1.74. The first-order valence-electron chi connectivity index (χ1n) is 7.47. The van der Waals surface area contributed by atoms with Crippen molar-refractivity contribution in [1.82, 2.24) is 0 Å². The van der Waals surface area contributed by atoms with E-state index in [0.717, 1.165) is 18.9 Å². The molecule has 124 valence electrons. The van der Waals surface area contributed by atoms with E-state index in [1.165, 1.54) is 12.1 Å². The zero-order chi connectivity index (χ0) is 16.4. The summed E-state index contributed by atoms with van der Waals surface area (Å²) in [6, 6.07) is 3.78. The molecule has 0 N–H and O–H groups in total. The number of piperidine rings is 1.